The van der Waals surface area contributed by atoms with E-state index in [0.717, 1.165) is 25.6 Å². The van der Waals surface area contributed by atoms with Crippen LogP contribution in [0.5, 0.6) is 0 Å². The van der Waals surface area contributed by atoms with Gasteiger partial charge in [-0.3, -0.25) is 0 Å². The van der Waals surface area contributed by atoms with Crippen molar-refractivity contribution < 1.29 is 4.74 Å². The molecule has 0 bridgehead atoms. The Morgan fingerprint density at radius 1 is 1.50 bits per heavy atom. The maximum atomic E-state index is 6.06. The molecule has 0 aromatic rings. The predicted molar refractivity (Wildman–Crippen MR) is 47.9 cm³/mol. The maximum absolute atomic E-state index is 6.06. The molecule has 0 radical (unpaired) electrons. The van der Waals surface area contributed by atoms with Crippen LogP contribution in [0.2, 0.25) is 0 Å². The van der Waals surface area contributed by atoms with Gasteiger partial charge >= 0.3 is 0 Å². The van der Waals surface area contributed by atoms with Crippen LogP contribution in [-0.4, -0.2) is 43.8 Å². The highest BCUT2D eigenvalue weighted by molar-refractivity contribution is 4.91. The summed E-state index contributed by atoms with van der Waals surface area (Å²) in [5, 5.41) is 0. The number of hydrogen-bond donors (Lipinski definition) is 1. The molecule has 70 valence electrons. The van der Waals surface area contributed by atoms with E-state index in [1.54, 1.807) is 0 Å². The third kappa shape index (κ3) is 1.79. The minimum Gasteiger partial charge on any atom is -0.374 e. The summed E-state index contributed by atoms with van der Waals surface area (Å²) >= 11 is 0. The van der Waals surface area contributed by atoms with Crippen molar-refractivity contribution in [1.29, 1.82) is 0 Å². The maximum Gasteiger partial charge on any atom is 0.0855 e. The van der Waals surface area contributed by atoms with Crippen LogP contribution in [0.15, 0.2) is 0 Å². The first-order chi connectivity index (χ1) is 5.77. The first-order valence-electron chi connectivity index (χ1n) is 4.83. The Hall–Kier alpha value is -0.120. The van der Waals surface area contributed by atoms with Gasteiger partial charge in [0.05, 0.1) is 12.7 Å². The molecular weight excluding hydrogens is 152 g/mol. The SMILES string of the molecule is CN1CCOC(C(N)C2CC2)C1. The summed E-state index contributed by atoms with van der Waals surface area (Å²) in [6.45, 7) is 2.91. The monoisotopic (exact) mass is 170 g/mol. The van der Waals surface area contributed by atoms with Crippen LogP contribution < -0.4 is 5.73 Å². The van der Waals surface area contributed by atoms with Crippen molar-refractivity contribution in [3.05, 3.63) is 0 Å². The standard InChI is InChI=1S/C9H18N2O/c1-11-4-5-12-8(6-11)9(10)7-2-3-7/h7-9H,2-6,10H2,1H3. The van der Waals surface area contributed by atoms with Crippen molar-refractivity contribution in [3.8, 4) is 0 Å². The molecule has 1 aliphatic heterocycles. The molecule has 0 aromatic heterocycles. The summed E-state index contributed by atoms with van der Waals surface area (Å²) in [4.78, 5) is 2.30. The molecule has 2 fully saturated rings. The van der Waals surface area contributed by atoms with Gasteiger partial charge in [0.15, 0.2) is 0 Å². The zero-order valence-electron chi connectivity index (χ0n) is 7.70. The minimum absolute atomic E-state index is 0.285. The molecule has 12 heavy (non-hydrogen) atoms. The topological polar surface area (TPSA) is 38.5 Å². The van der Waals surface area contributed by atoms with E-state index in [9.17, 15) is 0 Å². The van der Waals surface area contributed by atoms with Crippen LogP contribution in [0.4, 0.5) is 0 Å². The van der Waals surface area contributed by atoms with E-state index in [1.807, 2.05) is 0 Å². The van der Waals surface area contributed by atoms with Gasteiger partial charge in [0.2, 0.25) is 0 Å². The molecule has 2 N–H and O–H groups in total. The molecule has 1 saturated carbocycles. The lowest BCUT2D eigenvalue weighted by Gasteiger charge is -2.33. The van der Waals surface area contributed by atoms with Gasteiger partial charge in [-0.2, -0.15) is 0 Å². The second-order valence-electron chi connectivity index (χ2n) is 4.09. The Balaban J connectivity index is 1.84. The molecule has 2 unspecified atom stereocenters. The number of ether oxygens (including phenoxy) is 1. The van der Waals surface area contributed by atoms with Crippen LogP contribution >= 0.6 is 0 Å². The van der Waals surface area contributed by atoms with Gasteiger partial charge in [0.25, 0.3) is 0 Å². The normalized spacial score (nSPS) is 35.0. The van der Waals surface area contributed by atoms with Crippen LogP contribution in [0.3, 0.4) is 0 Å². The molecule has 2 rings (SSSR count). The van der Waals surface area contributed by atoms with Gasteiger partial charge in [-0.1, -0.05) is 0 Å². The van der Waals surface area contributed by atoms with E-state index in [1.165, 1.54) is 12.8 Å². The van der Waals surface area contributed by atoms with Crippen molar-refractivity contribution >= 4 is 0 Å². The number of likely N-dealkylation sites (N-methyl/N-ethyl adjacent to an activating group) is 1. The zero-order valence-corrected chi connectivity index (χ0v) is 7.70. The summed E-state index contributed by atoms with van der Waals surface area (Å²) in [7, 11) is 2.13. The number of nitrogens with two attached hydrogens (primary N) is 1. The third-order valence-corrected chi connectivity index (χ3v) is 2.89. The Morgan fingerprint density at radius 2 is 2.25 bits per heavy atom. The van der Waals surface area contributed by atoms with Crippen molar-refractivity contribution in [2.45, 2.75) is 25.0 Å². The molecule has 2 aliphatic rings. The lowest BCUT2D eigenvalue weighted by molar-refractivity contribution is -0.0354. The lowest BCUT2D eigenvalue weighted by atomic mass is 10.1. The van der Waals surface area contributed by atoms with Crippen LogP contribution in [0, 0.1) is 5.92 Å². The quantitative estimate of drug-likeness (QED) is 0.636. The van der Waals surface area contributed by atoms with Gasteiger partial charge in [0, 0.05) is 19.1 Å². The van der Waals surface area contributed by atoms with Crippen LogP contribution in [-0.2, 0) is 4.74 Å². The van der Waals surface area contributed by atoms with Crippen molar-refractivity contribution in [1.82, 2.24) is 4.90 Å². The Kier molecular flexibility index (Phi) is 2.35. The molecule has 0 aromatic carbocycles. The molecule has 0 spiro atoms. The lowest BCUT2D eigenvalue weighted by Crippen LogP contribution is -2.50. The highest BCUT2D eigenvalue weighted by Crippen LogP contribution is 2.34. The number of morpholine rings is 1. The summed E-state index contributed by atoms with van der Waals surface area (Å²) in [6.07, 6.45) is 2.91. The van der Waals surface area contributed by atoms with Crippen LogP contribution in [0.1, 0.15) is 12.8 Å². The number of rotatable bonds is 2. The van der Waals surface area contributed by atoms with Gasteiger partial charge in [0.1, 0.15) is 0 Å². The van der Waals surface area contributed by atoms with Crippen LogP contribution in [0.25, 0.3) is 0 Å². The highest BCUT2D eigenvalue weighted by atomic mass is 16.5. The molecule has 1 aliphatic carbocycles. The van der Waals surface area contributed by atoms with Gasteiger partial charge < -0.3 is 15.4 Å². The summed E-state index contributed by atoms with van der Waals surface area (Å²) < 4.78 is 5.64. The van der Waals surface area contributed by atoms with E-state index >= 15 is 0 Å². The molecule has 3 nitrogen and oxygen atoms in total. The first kappa shape index (κ1) is 8.48. The molecular formula is C9H18N2O. The fraction of sp³-hybridized carbons (Fsp3) is 1.00. The van der Waals surface area contributed by atoms with Crippen molar-refractivity contribution in [3.63, 3.8) is 0 Å². The smallest absolute Gasteiger partial charge is 0.0855 e. The fourth-order valence-corrected chi connectivity index (χ4v) is 1.83. The fourth-order valence-electron chi connectivity index (χ4n) is 1.83. The second kappa shape index (κ2) is 3.32. The third-order valence-electron chi connectivity index (χ3n) is 2.89. The summed E-state index contributed by atoms with van der Waals surface area (Å²) in [5.41, 5.74) is 6.06. The van der Waals surface area contributed by atoms with E-state index in [2.05, 4.69) is 11.9 Å². The molecule has 1 heterocycles. The van der Waals surface area contributed by atoms with Gasteiger partial charge in [-0.05, 0) is 25.8 Å². The van der Waals surface area contributed by atoms with Crippen molar-refractivity contribution in [2.24, 2.45) is 11.7 Å². The summed E-state index contributed by atoms with van der Waals surface area (Å²) in [5.74, 6) is 0.751. The zero-order chi connectivity index (χ0) is 8.55. The molecule has 3 heteroatoms. The van der Waals surface area contributed by atoms with Gasteiger partial charge in [-0.15, -0.1) is 0 Å². The minimum atomic E-state index is 0.285. The molecule has 0 amide bonds. The Labute approximate surface area is 73.9 Å². The summed E-state index contributed by atoms with van der Waals surface area (Å²) in [6, 6.07) is 0.285. The van der Waals surface area contributed by atoms with E-state index in [0.29, 0.717) is 0 Å². The average Bonchev–Trinajstić information content (AvgIpc) is 2.85. The van der Waals surface area contributed by atoms with Gasteiger partial charge in [-0.25, -0.2) is 0 Å². The van der Waals surface area contributed by atoms with E-state index < -0.39 is 0 Å². The highest BCUT2D eigenvalue weighted by Gasteiger charge is 2.35. The molecule has 1 saturated heterocycles. The van der Waals surface area contributed by atoms with E-state index in [4.69, 9.17) is 10.5 Å². The van der Waals surface area contributed by atoms with Crippen molar-refractivity contribution in [2.75, 3.05) is 26.7 Å². The number of nitrogens with zero attached hydrogens (tertiary/aromatic N) is 1. The molecule has 2 atom stereocenters. The largest absolute Gasteiger partial charge is 0.374 e. The van der Waals surface area contributed by atoms with E-state index in [-0.39, 0.29) is 12.1 Å². The average molecular weight is 170 g/mol. The first-order valence-corrected chi connectivity index (χ1v) is 4.83. The Morgan fingerprint density at radius 3 is 2.83 bits per heavy atom. The predicted octanol–water partition coefficient (Wildman–Crippen LogP) is 0.0543. The second-order valence-corrected chi connectivity index (χ2v) is 4.09. The Bertz CT molecular complexity index is 159. The number of hydrogen-bond acceptors (Lipinski definition) is 3.